The fourth-order valence-electron chi connectivity index (χ4n) is 1.52. The molecule has 0 unspecified atom stereocenters. The van der Waals surface area contributed by atoms with Gasteiger partial charge in [0, 0.05) is 0 Å². The van der Waals surface area contributed by atoms with Gasteiger partial charge >= 0.3 is 5.97 Å². The van der Waals surface area contributed by atoms with Gasteiger partial charge in [-0.15, -0.1) is 0 Å². The number of methoxy groups -OCH3 is 1. The second kappa shape index (κ2) is 6.27. The number of carbonyl (C=O) groups is 1. The van der Waals surface area contributed by atoms with Crippen molar-refractivity contribution in [1.82, 2.24) is 0 Å². The molecular weight excluding hydrogens is 256 g/mol. The molecule has 0 radical (unpaired) electrons. The van der Waals surface area contributed by atoms with Crippen molar-refractivity contribution in [3.63, 3.8) is 0 Å². The molecular formula is C16H24O4. The molecule has 0 amide bonds. The summed E-state index contributed by atoms with van der Waals surface area (Å²) >= 11 is 0. The molecule has 0 aliphatic rings. The first-order valence-corrected chi connectivity index (χ1v) is 6.64. The molecule has 0 saturated carbocycles. The maximum absolute atomic E-state index is 11.3. The Morgan fingerprint density at radius 1 is 1.05 bits per heavy atom. The summed E-state index contributed by atoms with van der Waals surface area (Å²) in [6.45, 7) is 10.4. The van der Waals surface area contributed by atoms with Gasteiger partial charge in [-0.1, -0.05) is 0 Å². The van der Waals surface area contributed by atoms with Crippen LogP contribution in [0.5, 0.6) is 5.75 Å². The average molecular weight is 280 g/mol. The molecule has 1 aromatic rings. The topological polar surface area (TPSA) is 44.8 Å². The number of rotatable bonds is 5. The normalized spacial score (nSPS) is 12.1. The Bertz CT molecular complexity index is 441. The van der Waals surface area contributed by atoms with Crippen LogP contribution < -0.4 is 4.74 Å². The predicted molar refractivity (Wildman–Crippen MR) is 78.2 cm³/mol. The van der Waals surface area contributed by atoms with Gasteiger partial charge < -0.3 is 14.2 Å². The minimum Gasteiger partial charge on any atom is -0.485 e. The minimum absolute atomic E-state index is 0.199. The summed E-state index contributed by atoms with van der Waals surface area (Å²) in [5.74, 6) is 0.340. The molecule has 112 valence electrons. The molecule has 1 aromatic carbocycles. The summed E-state index contributed by atoms with van der Waals surface area (Å²) < 4.78 is 16.3. The van der Waals surface area contributed by atoms with E-state index in [1.54, 1.807) is 24.3 Å². The van der Waals surface area contributed by atoms with Crippen molar-refractivity contribution in [3.05, 3.63) is 29.8 Å². The number of hydrogen-bond donors (Lipinski definition) is 0. The monoisotopic (exact) mass is 280 g/mol. The van der Waals surface area contributed by atoms with E-state index in [0.29, 0.717) is 17.9 Å². The van der Waals surface area contributed by atoms with Crippen LogP contribution in [0.3, 0.4) is 0 Å². The number of benzene rings is 1. The summed E-state index contributed by atoms with van der Waals surface area (Å²) in [7, 11) is 1.36. The molecule has 0 fully saturated rings. The van der Waals surface area contributed by atoms with Crippen LogP contribution in [-0.4, -0.2) is 30.9 Å². The highest BCUT2D eigenvalue weighted by Crippen LogP contribution is 2.21. The van der Waals surface area contributed by atoms with Crippen molar-refractivity contribution in [2.75, 3.05) is 13.7 Å². The van der Waals surface area contributed by atoms with Crippen LogP contribution in [0.1, 0.15) is 45.0 Å². The van der Waals surface area contributed by atoms with E-state index in [0.717, 1.165) is 0 Å². The Hall–Kier alpha value is -1.55. The summed E-state index contributed by atoms with van der Waals surface area (Å²) in [5, 5.41) is 0. The van der Waals surface area contributed by atoms with Crippen LogP contribution in [-0.2, 0) is 9.47 Å². The fraction of sp³-hybridized carbons (Fsp3) is 0.562. The van der Waals surface area contributed by atoms with Gasteiger partial charge in [0.2, 0.25) is 0 Å². The molecule has 0 heterocycles. The molecule has 0 atom stereocenters. The molecule has 4 nitrogen and oxygen atoms in total. The third-order valence-electron chi connectivity index (χ3n) is 2.52. The zero-order valence-electron chi connectivity index (χ0n) is 13.1. The summed E-state index contributed by atoms with van der Waals surface area (Å²) in [5.41, 5.74) is -0.140. The highest BCUT2D eigenvalue weighted by atomic mass is 16.6. The Labute approximate surface area is 121 Å². The lowest BCUT2D eigenvalue weighted by Gasteiger charge is -2.30. The third-order valence-corrected chi connectivity index (χ3v) is 2.52. The Morgan fingerprint density at radius 2 is 1.60 bits per heavy atom. The quantitative estimate of drug-likeness (QED) is 0.775. The number of carbonyl (C=O) groups excluding carboxylic acids is 1. The van der Waals surface area contributed by atoms with Crippen molar-refractivity contribution in [2.45, 2.75) is 45.8 Å². The molecule has 0 aliphatic heterocycles. The van der Waals surface area contributed by atoms with Crippen LogP contribution in [0.15, 0.2) is 24.3 Å². The van der Waals surface area contributed by atoms with Crippen molar-refractivity contribution >= 4 is 5.97 Å². The molecule has 0 saturated heterocycles. The zero-order valence-corrected chi connectivity index (χ0v) is 13.1. The van der Waals surface area contributed by atoms with E-state index in [1.165, 1.54) is 7.11 Å². The lowest BCUT2D eigenvalue weighted by molar-refractivity contribution is -0.0723. The van der Waals surface area contributed by atoms with E-state index in [4.69, 9.17) is 9.47 Å². The smallest absolute Gasteiger partial charge is 0.337 e. The van der Waals surface area contributed by atoms with Crippen molar-refractivity contribution < 1.29 is 19.0 Å². The second-order valence-corrected chi connectivity index (χ2v) is 6.28. The Morgan fingerprint density at radius 3 is 2.05 bits per heavy atom. The highest BCUT2D eigenvalue weighted by molar-refractivity contribution is 5.89. The molecule has 0 aromatic heterocycles. The Balaban J connectivity index is 2.65. The van der Waals surface area contributed by atoms with Crippen LogP contribution >= 0.6 is 0 Å². The number of ether oxygens (including phenoxy) is 3. The molecule has 4 heteroatoms. The fourth-order valence-corrected chi connectivity index (χ4v) is 1.52. The van der Waals surface area contributed by atoms with Crippen molar-refractivity contribution in [1.29, 1.82) is 0 Å². The lowest BCUT2D eigenvalue weighted by atomic mass is 10.1. The first-order valence-electron chi connectivity index (χ1n) is 6.64. The standard InChI is InChI=1S/C16H24O4/c1-15(2,3)19-11-16(4,5)20-13-9-7-12(8-10-13)14(17)18-6/h7-10H,11H2,1-6H3. The predicted octanol–water partition coefficient (Wildman–Crippen LogP) is 3.45. The van der Waals surface area contributed by atoms with Crippen LogP contribution in [0, 0.1) is 0 Å². The van der Waals surface area contributed by atoms with Gasteiger partial charge in [0.15, 0.2) is 0 Å². The van der Waals surface area contributed by atoms with Gasteiger partial charge in [-0.05, 0) is 58.9 Å². The highest BCUT2D eigenvalue weighted by Gasteiger charge is 2.24. The molecule has 0 bridgehead atoms. The first kappa shape index (κ1) is 16.5. The largest absolute Gasteiger partial charge is 0.485 e. The van der Waals surface area contributed by atoms with Crippen LogP contribution in [0.25, 0.3) is 0 Å². The van der Waals surface area contributed by atoms with Gasteiger partial charge in [-0.25, -0.2) is 4.79 Å². The Kier molecular flexibility index (Phi) is 5.17. The summed E-state index contributed by atoms with van der Waals surface area (Å²) in [4.78, 5) is 11.3. The van der Waals surface area contributed by atoms with E-state index < -0.39 is 5.60 Å². The van der Waals surface area contributed by atoms with Gasteiger partial charge in [0.25, 0.3) is 0 Å². The average Bonchev–Trinajstić information content (AvgIpc) is 2.35. The minimum atomic E-state index is -0.444. The maximum atomic E-state index is 11.3. The lowest BCUT2D eigenvalue weighted by Crippen LogP contribution is -2.37. The third kappa shape index (κ3) is 5.61. The zero-order chi connectivity index (χ0) is 15.4. The van der Waals surface area contributed by atoms with Crippen LogP contribution in [0.2, 0.25) is 0 Å². The van der Waals surface area contributed by atoms with E-state index in [1.807, 2.05) is 34.6 Å². The van der Waals surface area contributed by atoms with Gasteiger partial charge in [0.05, 0.1) is 24.9 Å². The number of hydrogen-bond acceptors (Lipinski definition) is 4. The van der Waals surface area contributed by atoms with Crippen molar-refractivity contribution in [3.8, 4) is 5.75 Å². The van der Waals surface area contributed by atoms with Crippen LogP contribution in [0.4, 0.5) is 0 Å². The molecule has 0 N–H and O–H groups in total. The summed E-state index contributed by atoms with van der Waals surface area (Å²) in [6.07, 6.45) is 0. The molecule has 1 rings (SSSR count). The second-order valence-electron chi connectivity index (χ2n) is 6.28. The molecule has 0 spiro atoms. The van der Waals surface area contributed by atoms with E-state index in [-0.39, 0.29) is 11.6 Å². The van der Waals surface area contributed by atoms with Gasteiger partial charge in [0.1, 0.15) is 11.4 Å². The molecule has 20 heavy (non-hydrogen) atoms. The number of esters is 1. The van der Waals surface area contributed by atoms with E-state index in [2.05, 4.69) is 4.74 Å². The van der Waals surface area contributed by atoms with Gasteiger partial charge in [-0.3, -0.25) is 0 Å². The first-order chi connectivity index (χ1) is 9.13. The maximum Gasteiger partial charge on any atom is 0.337 e. The summed E-state index contributed by atoms with van der Waals surface area (Å²) in [6, 6.07) is 6.87. The molecule has 0 aliphatic carbocycles. The van der Waals surface area contributed by atoms with E-state index >= 15 is 0 Å². The van der Waals surface area contributed by atoms with E-state index in [9.17, 15) is 4.79 Å². The van der Waals surface area contributed by atoms with Gasteiger partial charge in [-0.2, -0.15) is 0 Å². The SMILES string of the molecule is COC(=O)c1ccc(OC(C)(C)COC(C)(C)C)cc1. The van der Waals surface area contributed by atoms with Crippen molar-refractivity contribution in [2.24, 2.45) is 0 Å².